The Balaban J connectivity index is 2.69. The zero-order valence-electron chi connectivity index (χ0n) is 8.51. The first-order valence-corrected chi connectivity index (χ1v) is 4.56. The molecule has 0 saturated heterocycles. The fourth-order valence-electron chi connectivity index (χ4n) is 1.07. The summed E-state index contributed by atoms with van der Waals surface area (Å²) in [5.74, 6) is -1.64. The molecule has 0 aliphatic heterocycles. The lowest BCUT2D eigenvalue weighted by molar-refractivity contribution is -0.131. The molecule has 82 valence electrons. The molecule has 0 bridgehead atoms. The van der Waals surface area contributed by atoms with Crippen LogP contribution in [0.3, 0.4) is 0 Å². The molecule has 0 heterocycles. The predicted octanol–water partition coefficient (Wildman–Crippen LogP) is 1.91. The summed E-state index contributed by atoms with van der Waals surface area (Å²) >= 11 is 0. The van der Waals surface area contributed by atoms with Gasteiger partial charge in [-0.1, -0.05) is 24.8 Å². The topological polar surface area (TPSA) is 66.4 Å². The third-order valence-corrected chi connectivity index (χ3v) is 1.77. The molecule has 0 radical (unpaired) electrons. The number of carbonyl (C=O) groups excluding carboxylic acids is 1. The van der Waals surface area contributed by atoms with Gasteiger partial charge in [0.25, 0.3) is 0 Å². The molecular formula is C12H11NO3. The van der Waals surface area contributed by atoms with Crippen molar-refractivity contribution in [3.63, 3.8) is 0 Å². The number of rotatable bonds is 4. The van der Waals surface area contributed by atoms with Gasteiger partial charge in [0.2, 0.25) is 5.91 Å². The summed E-state index contributed by atoms with van der Waals surface area (Å²) in [5, 5.41) is 10.9. The van der Waals surface area contributed by atoms with Crippen molar-refractivity contribution in [1.29, 1.82) is 0 Å². The molecule has 2 N–H and O–H groups in total. The van der Waals surface area contributed by atoms with Crippen LogP contribution in [-0.4, -0.2) is 17.0 Å². The summed E-state index contributed by atoms with van der Waals surface area (Å²) in [6, 6.07) is 7.06. The van der Waals surface area contributed by atoms with Gasteiger partial charge in [0.05, 0.1) is 0 Å². The van der Waals surface area contributed by atoms with Crippen LogP contribution in [0.25, 0.3) is 6.08 Å². The number of carboxylic acids is 1. The van der Waals surface area contributed by atoms with Gasteiger partial charge >= 0.3 is 5.97 Å². The summed E-state index contributed by atoms with van der Waals surface area (Å²) in [5.41, 5.74) is 1.47. The van der Waals surface area contributed by atoms with E-state index in [2.05, 4.69) is 11.9 Å². The van der Waals surface area contributed by atoms with Crippen LogP contribution in [0.2, 0.25) is 0 Å². The third-order valence-electron chi connectivity index (χ3n) is 1.77. The average molecular weight is 217 g/mol. The average Bonchev–Trinajstić information content (AvgIpc) is 2.26. The largest absolute Gasteiger partial charge is 0.478 e. The fourth-order valence-corrected chi connectivity index (χ4v) is 1.07. The summed E-state index contributed by atoms with van der Waals surface area (Å²) in [4.78, 5) is 21.4. The molecule has 0 saturated carbocycles. The first kappa shape index (κ1) is 11.7. The highest BCUT2D eigenvalue weighted by molar-refractivity contribution is 6.02. The minimum Gasteiger partial charge on any atom is -0.478 e. The molecule has 1 amide bonds. The Bertz CT molecular complexity index is 449. The van der Waals surface area contributed by atoms with Gasteiger partial charge < -0.3 is 10.4 Å². The van der Waals surface area contributed by atoms with Crippen LogP contribution in [0.1, 0.15) is 5.56 Å². The van der Waals surface area contributed by atoms with Crippen LogP contribution in [0.5, 0.6) is 0 Å². The molecule has 16 heavy (non-hydrogen) atoms. The Hall–Kier alpha value is -2.36. The summed E-state index contributed by atoms with van der Waals surface area (Å²) in [6.07, 6.45) is 3.40. The monoisotopic (exact) mass is 217 g/mol. The van der Waals surface area contributed by atoms with E-state index in [9.17, 15) is 9.59 Å². The highest BCUT2D eigenvalue weighted by atomic mass is 16.4. The van der Waals surface area contributed by atoms with Gasteiger partial charge in [-0.2, -0.15) is 0 Å². The highest BCUT2D eigenvalue weighted by Crippen LogP contribution is 2.11. The summed E-state index contributed by atoms with van der Waals surface area (Å²) < 4.78 is 0. The lowest BCUT2D eigenvalue weighted by Gasteiger charge is -2.02. The molecule has 4 heteroatoms. The van der Waals surface area contributed by atoms with Gasteiger partial charge in [0.15, 0.2) is 0 Å². The maximum absolute atomic E-state index is 11.2. The number of benzene rings is 1. The molecule has 4 nitrogen and oxygen atoms in total. The van der Waals surface area contributed by atoms with Crippen molar-refractivity contribution in [2.45, 2.75) is 0 Å². The molecule has 0 aliphatic carbocycles. The van der Waals surface area contributed by atoms with Crippen LogP contribution in [0, 0.1) is 0 Å². The second-order valence-corrected chi connectivity index (χ2v) is 2.99. The maximum atomic E-state index is 11.2. The number of nitrogens with one attached hydrogen (secondary N) is 1. The number of anilines is 1. The van der Waals surface area contributed by atoms with Gasteiger partial charge in [0, 0.05) is 17.8 Å². The van der Waals surface area contributed by atoms with Crippen molar-refractivity contribution in [3.05, 3.63) is 48.6 Å². The van der Waals surface area contributed by atoms with Crippen LogP contribution >= 0.6 is 0 Å². The minimum atomic E-state index is -1.16. The van der Waals surface area contributed by atoms with E-state index >= 15 is 0 Å². The van der Waals surface area contributed by atoms with Gasteiger partial charge in [-0.25, -0.2) is 4.79 Å². The van der Waals surface area contributed by atoms with Gasteiger partial charge in [-0.15, -0.1) is 0 Å². The highest BCUT2D eigenvalue weighted by Gasteiger charge is 1.98. The Morgan fingerprint density at radius 3 is 2.69 bits per heavy atom. The van der Waals surface area contributed by atoms with E-state index in [-0.39, 0.29) is 0 Å². The lowest BCUT2D eigenvalue weighted by atomic mass is 10.2. The van der Waals surface area contributed by atoms with Crippen molar-refractivity contribution < 1.29 is 14.7 Å². The number of carboxylic acid groups (broad SMARTS) is 1. The maximum Gasteiger partial charge on any atom is 0.328 e. The molecule has 0 spiro atoms. The summed E-state index contributed by atoms with van der Waals surface area (Å²) in [6.45, 7) is 3.61. The molecule has 0 fully saturated rings. The quantitative estimate of drug-likeness (QED) is 0.757. The Labute approximate surface area is 92.9 Å². The molecule has 1 aromatic rings. The molecule has 0 unspecified atom stereocenters. The van der Waals surface area contributed by atoms with Crippen LogP contribution in [-0.2, 0) is 9.59 Å². The first-order valence-electron chi connectivity index (χ1n) is 4.56. The fraction of sp³-hybridized carbons (Fsp3) is 0. The molecule has 0 aromatic heterocycles. The zero-order chi connectivity index (χ0) is 12.0. The molecule has 0 aliphatic rings. The third kappa shape index (κ3) is 3.79. The van der Waals surface area contributed by atoms with Crippen LogP contribution in [0.4, 0.5) is 5.69 Å². The number of carbonyl (C=O) groups is 2. The molecule has 0 atom stereocenters. The molecular weight excluding hydrogens is 206 g/mol. The van der Waals surface area contributed by atoms with Gasteiger partial charge in [-0.05, 0) is 17.7 Å². The zero-order valence-corrected chi connectivity index (χ0v) is 8.51. The van der Waals surface area contributed by atoms with E-state index in [4.69, 9.17) is 5.11 Å². The van der Waals surface area contributed by atoms with Crippen molar-refractivity contribution in [3.8, 4) is 0 Å². The minimum absolute atomic E-state index is 0.483. The SMILES string of the molecule is C=Cc1cccc(NC(=O)/C=C/C(=O)O)c1. The molecule has 1 aromatic carbocycles. The lowest BCUT2D eigenvalue weighted by Crippen LogP contribution is -2.08. The van der Waals surface area contributed by atoms with E-state index in [1.165, 1.54) is 0 Å². The summed E-state index contributed by atoms with van der Waals surface area (Å²) in [7, 11) is 0. The second-order valence-electron chi connectivity index (χ2n) is 2.99. The van der Waals surface area contributed by atoms with E-state index in [0.29, 0.717) is 5.69 Å². The Kier molecular flexibility index (Phi) is 4.03. The van der Waals surface area contributed by atoms with Gasteiger partial charge in [-0.3, -0.25) is 4.79 Å². The standard InChI is InChI=1S/C12H11NO3/c1-2-9-4-3-5-10(8-9)13-11(14)6-7-12(15)16/h2-8H,1H2,(H,13,14)(H,15,16)/b7-6+. The van der Waals surface area contributed by atoms with Crippen molar-refractivity contribution in [2.75, 3.05) is 5.32 Å². The van der Waals surface area contributed by atoms with Crippen molar-refractivity contribution >= 4 is 23.6 Å². The van der Waals surface area contributed by atoms with Crippen LogP contribution in [0.15, 0.2) is 43.0 Å². The number of amides is 1. The smallest absolute Gasteiger partial charge is 0.328 e. The van der Waals surface area contributed by atoms with E-state index in [1.807, 2.05) is 6.07 Å². The van der Waals surface area contributed by atoms with E-state index in [1.54, 1.807) is 24.3 Å². The normalized spacial score (nSPS) is 10.0. The predicted molar refractivity (Wildman–Crippen MR) is 61.9 cm³/mol. The van der Waals surface area contributed by atoms with Crippen molar-refractivity contribution in [2.24, 2.45) is 0 Å². The molecule has 1 rings (SSSR count). The van der Waals surface area contributed by atoms with E-state index in [0.717, 1.165) is 17.7 Å². The van der Waals surface area contributed by atoms with E-state index < -0.39 is 11.9 Å². The number of aliphatic carboxylic acids is 1. The van der Waals surface area contributed by atoms with Crippen LogP contribution < -0.4 is 5.32 Å². The van der Waals surface area contributed by atoms with Crippen molar-refractivity contribution in [1.82, 2.24) is 0 Å². The Morgan fingerprint density at radius 1 is 1.31 bits per heavy atom. The Morgan fingerprint density at radius 2 is 2.06 bits per heavy atom. The first-order chi connectivity index (χ1) is 7.61. The second kappa shape index (κ2) is 5.50. The number of hydrogen-bond acceptors (Lipinski definition) is 2. The van der Waals surface area contributed by atoms with Gasteiger partial charge in [0.1, 0.15) is 0 Å². The number of hydrogen-bond donors (Lipinski definition) is 2.